The van der Waals surface area contributed by atoms with Crippen LogP contribution in [0.15, 0.2) is 211 Å². The molecule has 7 aromatic rings. The number of fused-ring (bicyclic) bond motifs is 2. The normalized spacial score (nSPS) is 15.3. The molecule has 2 aliphatic rings. The zero-order valence-electron chi connectivity index (χ0n) is 80.3. The maximum Gasteiger partial charge on any atom is 0.737 e. The van der Waals surface area contributed by atoms with E-state index in [1.165, 1.54) is 47.0 Å². The van der Waals surface area contributed by atoms with E-state index in [0.717, 1.165) is 44.9 Å². The van der Waals surface area contributed by atoms with Gasteiger partial charge in [0.2, 0.25) is 65.0 Å². The Bertz CT molecular complexity index is 5250. The van der Waals surface area contributed by atoms with Crippen LogP contribution in [-0.2, 0) is 97.7 Å². The number of nitrogens with one attached hydrogen (secondary N) is 10. The van der Waals surface area contributed by atoms with Crippen LogP contribution in [0.2, 0.25) is 0 Å². The number of amides is 11. The van der Waals surface area contributed by atoms with Crippen molar-refractivity contribution in [1.82, 2.24) is 57.6 Å². The molecule has 9 rings (SSSR count). The lowest BCUT2D eigenvalue weighted by Gasteiger charge is -2.31. The van der Waals surface area contributed by atoms with Crippen molar-refractivity contribution in [3.05, 3.63) is 256 Å². The van der Waals surface area contributed by atoms with Gasteiger partial charge in [0.25, 0.3) is 0 Å². The minimum atomic E-state index is -4.32. The van der Waals surface area contributed by atoms with E-state index in [1.54, 1.807) is 196 Å². The Morgan fingerprint density at radius 3 is 0.830 bits per heavy atom. The molecule has 0 unspecified atom stereocenters. The van der Waals surface area contributed by atoms with Crippen LogP contribution in [-0.4, -0.2) is 298 Å². The maximum atomic E-state index is 16.6. The molecule has 2 aliphatic heterocycles. The van der Waals surface area contributed by atoms with E-state index in [0.29, 0.717) is 67.7 Å². The fourth-order valence-corrected chi connectivity index (χ4v) is 28.5. The Kier molecular flexibility index (Phi) is 42.8. The number of hydrogen-bond donors (Lipinski definition) is 11. The van der Waals surface area contributed by atoms with Crippen molar-refractivity contribution >= 4 is 160 Å². The van der Waals surface area contributed by atoms with Gasteiger partial charge >= 0.3 is 6.97 Å². The summed E-state index contributed by atoms with van der Waals surface area (Å²) in [6, 6.07) is 43.8. The first-order valence-electron chi connectivity index (χ1n) is 45.8. The average Bonchev–Trinajstić information content (AvgIpc) is 1.57. The van der Waals surface area contributed by atoms with Gasteiger partial charge in [0.15, 0.2) is 5.70 Å². The van der Waals surface area contributed by atoms with Crippen molar-refractivity contribution in [3.63, 3.8) is 0 Å². The second-order valence-corrected chi connectivity index (χ2v) is 63.4. The Morgan fingerprint density at radius 2 is 0.570 bits per heavy atom. The van der Waals surface area contributed by atoms with Crippen molar-refractivity contribution in [2.45, 2.75) is 126 Å². The predicted molar refractivity (Wildman–Crippen MR) is 566 cm³/mol. The number of benzene rings is 6. The Morgan fingerprint density at radius 1 is 0.333 bits per heavy atom. The maximum absolute atomic E-state index is 16.6. The molecule has 12 N–H and O–H groups in total. The monoisotopic (exact) mass is 2000 g/mol. The third-order valence-electron chi connectivity index (χ3n) is 22.9. The van der Waals surface area contributed by atoms with Crippen LogP contribution in [0.3, 0.4) is 0 Å². The lowest BCUT2D eigenvalue weighted by Crippen LogP contribution is -2.62. The lowest BCUT2D eigenvalue weighted by molar-refractivity contribution is -0.362. The zero-order valence-corrected chi connectivity index (χ0v) is 87.1. The highest BCUT2D eigenvalue weighted by Crippen LogP contribution is 2.49. The predicted octanol–water partition coefficient (Wildman–Crippen LogP) is 10.8. The smallest absolute Gasteiger partial charge is 0.394 e. The molecule has 726 valence electrons. The van der Waals surface area contributed by atoms with Gasteiger partial charge in [0.1, 0.15) is 66.1 Å². The molecule has 10 atom stereocenters. The standard InChI is InChI=1S/C100H134BF2N13O11P4S4/c1-69-57-70(2)115-89(69)64-78-46-45-77(116(78)101(115,102)103)47-48-90(117)105-86(66-133-54-50-129(6,7)8)98(125)109-79(58-71-33-21-15-22-34-71)92(119)107-83(62-75-41-29-19-30-42-75)96(123)113-88(68-135-56-52-131(12,13)14)100(127)111-81(60-73-37-25-17-26-38-73)94(121)108-84(63-76-43-31-20-32-44-76)97(124)114-87(67-134-55-51-130(9,10)11)99(126)110-80(59-72-35-23-16-24-36-72)93(120)106-82(61-74-39-27-18-28-40-74)95(122)112-85(91(104)118)65-132-53-49-128(3,4)5/h15-46,57,64,79-88H,47-56,58-63,65-68H2,1-14H3,(H8-4,104,105,106,107,108,109,110,111,112,113,114,117,118,119,120,121,122,123,124,125,126,127)/p+4/t79-,80-,81-,82-,83-,84-,85-,86-,87-,88-/m0/s1. The van der Waals surface area contributed by atoms with Gasteiger partial charge in [0.05, 0.1) is 24.6 Å². The van der Waals surface area contributed by atoms with E-state index in [2.05, 4.69) is 133 Å². The number of aromatic nitrogens is 1. The fraction of sp³-hybridized carbons (Fsp3) is 0.440. The third-order valence-corrected chi connectivity index (χ3v) is 34.6. The molecule has 0 saturated carbocycles. The summed E-state index contributed by atoms with van der Waals surface area (Å²) < 4.78 is 35.2. The van der Waals surface area contributed by atoms with E-state index >= 15 is 47.0 Å². The molecule has 0 saturated heterocycles. The van der Waals surface area contributed by atoms with Crippen molar-refractivity contribution < 1.29 is 65.9 Å². The topological polar surface area (TPSA) is 342 Å². The number of nitrogens with two attached hydrogens (primary N) is 1. The van der Waals surface area contributed by atoms with Crippen LogP contribution in [0.25, 0.3) is 6.08 Å². The first-order chi connectivity index (χ1) is 63.9. The number of aryl methyl sites for hydroxylation is 1. The van der Waals surface area contributed by atoms with Gasteiger partial charge in [-0.25, -0.2) is 0 Å². The number of halogens is 2. The molecule has 0 radical (unpaired) electrons. The summed E-state index contributed by atoms with van der Waals surface area (Å²) in [6.45, 7) is 25.6. The lowest BCUT2D eigenvalue weighted by atomic mass is 9.89. The molecule has 3 heterocycles. The van der Waals surface area contributed by atoms with E-state index in [1.807, 2.05) is 24.3 Å². The molecule has 11 amide bonds. The number of hydrogen-bond acceptors (Lipinski definition) is 15. The Hall–Kier alpha value is -9.04. The molecule has 0 bridgehead atoms. The van der Waals surface area contributed by atoms with E-state index in [4.69, 9.17) is 5.73 Å². The molecule has 6 aromatic carbocycles. The molecule has 1 aromatic heterocycles. The van der Waals surface area contributed by atoms with Gasteiger partial charge in [-0.05, 0) is 64.6 Å². The molecular formula is C100H138BF2N13O11P4S4+4. The van der Waals surface area contributed by atoms with Gasteiger partial charge < -0.3 is 76.5 Å². The summed E-state index contributed by atoms with van der Waals surface area (Å²) in [5.41, 5.74) is 11.9. The first kappa shape index (κ1) is 110. The van der Waals surface area contributed by atoms with Crippen LogP contribution >= 0.6 is 76.1 Å². The van der Waals surface area contributed by atoms with Gasteiger partial charge in [-0.15, -0.1) is 0 Å². The van der Waals surface area contributed by atoms with E-state index < -0.39 is 161 Å². The highest BCUT2D eigenvalue weighted by Gasteiger charge is 2.53. The number of rotatable bonds is 55. The van der Waals surface area contributed by atoms with Gasteiger partial charge in [-0.2, -0.15) is 47.0 Å². The van der Waals surface area contributed by atoms with Crippen molar-refractivity contribution in [3.8, 4) is 0 Å². The van der Waals surface area contributed by atoms with Crippen LogP contribution in [0.1, 0.15) is 65.0 Å². The number of allylic oxidation sites excluding steroid dienone is 2. The number of carbonyl (C=O) groups excluding carboxylic acids is 11. The number of carbonyl (C=O) groups is 11. The quantitative estimate of drug-likeness (QED) is 0.00959. The summed E-state index contributed by atoms with van der Waals surface area (Å²) >= 11 is 5.83. The number of primary amides is 1. The second kappa shape index (κ2) is 52.7. The van der Waals surface area contributed by atoms with Gasteiger partial charge in [0, 0.05) is 230 Å². The SMILES string of the molecule is CC1=CC(C)=[N+]2C1=Cc1ccc(CCC(=O)N[C@@H](CSCC[P+](C)(C)C)C(=O)N[C@@H](Cc3ccccc3)C(=O)N[C@@H](Cc3ccccc3)C(=O)N[C@@H](CSCC[P+](C)(C)C)C(=O)N[C@@H](Cc3ccccc3)C(=O)N[C@@H](Cc3ccccc3)C(=O)N[C@@H](CSCC[P+](C)(C)C)C(=O)N[C@@H](Cc3ccccc3)C(=O)N[C@@H](Cc3ccccc3)C(=O)N[C@@H](CSCC[P+](C)(C)C)C(N)=O)n1[B-]2(F)F. The number of thioether (sulfide) groups is 4. The minimum absolute atomic E-state index is 0.00268. The first-order valence-corrected chi connectivity index (χ1v) is 63.7. The highest BCUT2D eigenvalue weighted by molar-refractivity contribution is 8.00. The van der Waals surface area contributed by atoms with Crippen LogP contribution in [0, 0.1) is 0 Å². The Balaban J connectivity index is 0.990. The molecule has 0 fully saturated rings. The fourth-order valence-electron chi connectivity index (χ4n) is 15.1. The highest BCUT2D eigenvalue weighted by atomic mass is 32.2. The van der Waals surface area contributed by atoms with Crippen molar-refractivity contribution in [2.24, 2.45) is 5.73 Å². The van der Waals surface area contributed by atoms with Crippen molar-refractivity contribution in [2.75, 3.05) is 151 Å². The van der Waals surface area contributed by atoms with Crippen molar-refractivity contribution in [1.29, 1.82) is 0 Å². The van der Waals surface area contributed by atoms with Gasteiger partial charge in [-0.1, -0.05) is 182 Å². The molecule has 35 heteroatoms. The summed E-state index contributed by atoms with van der Waals surface area (Å²) in [6.07, 6.45) is 6.13. The molecule has 0 spiro atoms. The molecule has 24 nitrogen and oxygen atoms in total. The van der Waals surface area contributed by atoms with E-state index in [9.17, 15) is 14.4 Å². The van der Waals surface area contributed by atoms with E-state index in [-0.39, 0.29) is 80.1 Å². The summed E-state index contributed by atoms with van der Waals surface area (Å²) in [5.74, 6) is -5.09. The summed E-state index contributed by atoms with van der Waals surface area (Å²) in [4.78, 5) is 166. The second-order valence-electron chi connectivity index (χ2n) is 38.6. The molecule has 135 heavy (non-hydrogen) atoms. The number of nitrogens with zero attached hydrogens (tertiary/aromatic N) is 2. The largest absolute Gasteiger partial charge is 0.737 e. The molecule has 0 aliphatic carbocycles. The summed E-state index contributed by atoms with van der Waals surface area (Å²) in [7, 11) is -5.17. The zero-order chi connectivity index (χ0) is 98.2. The Labute approximate surface area is 815 Å². The van der Waals surface area contributed by atoms with Crippen LogP contribution in [0.4, 0.5) is 8.63 Å². The minimum Gasteiger partial charge on any atom is -0.394 e. The third kappa shape index (κ3) is 37.3. The average molecular weight is 2000 g/mol. The van der Waals surface area contributed by atoms with Gasteiger partial charge in [-0.3, -0.25) is 52.7 Å². The van der Waals surface area contributed by atoms with Crippen LogP contribution in [0.5, 0.6) is 0 Å². The summed E-state index contributed by atoms with van der Waals surface area (Å²) in [5, 5.41) is 29.5. The van der Waals surface area contributed by atoms with Crippen LogP contribution < -0.4 is 58.9 Å². The molecular weight excluding hydrogens is 1860 g/mol.